The fraction of sp³-hybridized carbons (Fsp3) is 0.400. The summed E-state index contributed by atoms with van der Waals surface area (Å²) in [5.74, 6) is 0.525. The third-order valence-corrected chi connectivity index (χ3v) is 1.23. The predicted octanol–water partition coefficient (Wildman–Crippen LogP) is -0.505. The highest BCUT2D eigenvalue weighted by atomic mass is 16.3. The fourth-order valence-corrected chi connectivity index (χ4v) is 0.614. The van der Waals surface area contributed by atoms with Gasteiger partial charge in [0.15, 0.2) is 0 Å². The summed E-state index contributed by atoms with van der Waals surface area (Å²) in [4.78, 5) is 0. The summed E-state index contributed by atoms with van der Waals surface area (Å²) in [7, 11) is 1.73. The Morgan fingerprint density at radius 3 is 2.78 bits per heavy atom. The number of aliphatic hydroxyl groups excluding tert-OH is 1. The molecule has 1 heterocycles. The molecule has 0 saturated carbocycles. The number of rotatable bonds is 1. The zero-order valence-electron chi connectivity index (χ0n) is 5.20. The lowest BCUT2D eigenvalue weighted by Gasteiger charge is -1.93. The maximum atomic E-state index is 8.60. The third kappa shape index (κ3) is 0.882. The molecule has 0 amide bonds. The summed E-state index contributed by atoms with van der Waals surface area (Å²) >= 11 is 0. The van der Waals surface area contributed by atoms with Gasteiger partial charge in [0.05, 0.1) is 12.8 Å². The molecule has 0 aromatic carbocycles. The SMILES string of the molecule is Cn1ncc(CO)c1N. The van der Waals surface area contributed by atoms with Gasteiger partial charge in [-0.2, -0.15) is 5.10 Å². The van der Waals surface area contributed by atoms with Crippen molar-refractivity contribution in [1.29, 1.82) is 0 Å². The molecule has 1 aromatic heterocycles. The van der Waals surface area contributed by atoms with Gasteiger partial charge >= 0.3 is 0 Å². The fourth-order valence-electron chi connectivity index (χ4n) is 0.614. The van der Waals surface area contributed by atoms with Crippen molar-refractivity contribution in [3.63, 3.8) is 0 Å². The van der Waals surface area contributed by atoms with Crippen molar-refractivity contribution < 1.29 is 5.11 Å². The molecule has 0 aliphatic carbocycles. The summed E-state index contributed by atoms with van der Waals surface area (Å²) in [6.07, 6.45) is 1.55. The monoisotopic (exact) mass is 127 g/mol. The highest BCUT2D eigenvalue weighted by Gasteiger charge is 2.00. The Balaban J connectivity index is 3.04. The van der Waals surface area contributed by atoms with Gasteiger partial charge in [-0.05, 0) is 0 Å². The zero-order chi connectivity index (χ0) is 6.85. The smallest absolute Gasteiger partial charge is 0.126 e. The van der Waals surface area contributed by atoms with Gasteiger partial charge in [-0.15, -0.1) is 0 Å². The van der Waals surface area contributed by atoms with Crippen molar-refractivity contribution in [3.05, 3.63) is 11.8 Å². The van der Waals surface area contributed by atoms with Crippen LogP contribution in [0.5, 0.6) is 0 Å². The molecule has 0 spiro atoms. The Kier molecular flexibility index (Phi) is 1.40. The summed E-state index contributed by atoms with van der Waals surface area (Å²) in [5, 5.41) is 12.4. The molecule has 1 aromatic rings. The van der Waals surface area contributed by atoms with Gasteiger partial charge in [0.25, 0.3) is 0 Å². The number of aliphatic hydroxyl groups is 1. The number of hydrogen-bond donors (Lipinski definition) is 2. The molecule has 0 aliphatic rings. The van der Waals surface area contributed by atoms with Crippen LogP contribution in [0, 0.1) is 0 Å². The predicted molar refractivity (Wildman–Crippen MR) is 33.5 cm³/mol. The van der Waals surface area contributed by atoms with Crippen LogP contribution in [-0.2, 0) is 13.7 Å². The van der Waals surface area contributed by atoms with Crippen LogP contribution in [0.3, 0.4) is 0 Å². The summed E-state index contributed by atoms with van der Waals surface area (Å²) in [5.41, 5.74) is 6.13. The molecular formula is C5H9N3O. The molecule has 4 nitrogen and oxygen atoms in total. The standard InChI is InChI=1S/C5H9N3O/c1-8-5(6)4(3-9)2-7-8/h2,9H,3,6H2,1H3. The van der Waals surface area contributed by atoms with Crippen molar-refractivity contribution in [1.82, 2.24) is 9.78 Å². The molecule has 0 bridgehead atoms. The van der Waals surface area contributed by atoms with Gasteiger partial charge in [-0.25, -0.2) is 0 Å². The quantitative estimate of drug-likeness (QED) is 0.534. The highest BCUT2D eigenvalue weighted by Crippen LogP contribution is 2.07. The summed E-state index contributed by atoms with van der Waals surface area (Å²) in [6.45, 7) is -0.0420. The van der Waals surface area contributed by atoms with Crippen molar-refractivity contribution >= 4 is 5.82 Å². The maximum Gasteiger partial charge on any atom is 0.126 e. The second kappa shape index (κ2) is 2.06. The van der Waals surface area contributed by atoms with E-state index in [9.17, 15) is 0 Å². The van der Waals surface area contributed by atoms with Crippen LogP contribution < -0.4 is 5.73 Å². The van der Waals surface area contributed by atoms with Crippen LogP contribution in [0.4, 0.5) is 5.82 Å². The number of nitrogen functional groups attached to an aromatic ring is 1. The van der Waals surface area contributed by atoms with Crippen molar-refractivity contribution in [2.24, 2.45) is 7.05 Å². The van der Waals surface area contributed by atoms with E-state index in [1.807, 2.05) is 0 Å². The number of aromatic nitrogens is 2. The Bertz CT molecular complexity index is 206. The number of hydrogen-bond acceptors (Lipinski definition) is 3. The Hall–Kier alpha value is -1.03. The molecular weight excluding hydrogens is 118 g/mol. The first kappa shape index (κ1) is 6.10. The first-order valence-electron chi connectivity index (χ1n) is 2.63. The molecule has 0 saturated heterocycles. The first-order valence-corrected chi connectivity index (χ1v) is 2.63. The van der Waals surface area contributed by atoms with Gasteiger partial charge in [-0.3, -0.25) is 4.68 Å². The first-order chi connectivity index (χ1) is 4.25. The minimum atomic E-state index is -0.0420. The van der Waals surface area contributed by atoms with Crippen LogP contribution in [0.15, 0.2) is 6.20 Å². The van der Waals surface area contributed by atoms with E-state index in [0.29, 0.717) is 11.4 Å². The van der Waals surface area contributed by atoms with Crippen LogP contribution in [0.2, 0.25) is 0 Å². The lowest BCUT2D eigenvalue weighted by Crippen LogP contribution is -1.99. The molecule has 3 N–H and O–H groups in total. The number of aryl methyl sites for hydroxylation is 1. The van der Waals surface area contributed by atoms with Gasteiger partial charge < -0.3 is 10.8 Å². The highest BCUT2D eigenvalue weighted by molar-refractivity contribution is 5.37. The molecule has 0 fully saturated rings. The lowest BCUT2D eigenvalue weighted by molar-refractivity contribution is 0.282. The van der Waals surface area contributed by atoms with Crippen molar-refractivity contribution in [2.45, 2.75) is 6.61 Å². The summed E-state index contributed by atoms with van der Waals surface area (Å²) < 4.78 is 1.52. The van der Waals surface area contributed by atoms with Crippen LogP contribution in [-0.4, -0.2) is 14.9 Å². The second-order valence-electron chi connectivity index (χ2n) is 1.84. The van der Waals surface area contributed by atoms with Gasteiger partial charge in [0.1, 0.15) is 5.82 Å². The van der Waals surface area contributed by atoms with Crippen molar-refractivity contribution in [2.75, 3.05) is 5.73 Å². The average molecular weight is 127 g/mol. The second-order valence-corrected chi connectivity index (χ2v) is 1.84. The molecule has 0 radical (unpaired) electrons. The van der Waals surface area contributed by atoms with Crippen LogP contribution >= 0.6 is 0 Å². The van der Waals surface area contributed by atoms with E-state index >= 15 is 0 Å². The molecule has 0 aliphatic heterocycles. The van der Waals surface area contributed by atoms with E-state index in [0.717, 1.165) is 0 Å². The Morgan fingerprint density at radius 2 is 2.56 bits per heavy atom. The minimum absolute atomic E-state index is 0.0420. The molecule has 9 heavy (non-hydrogen) atoms. The van der Waals surface area contributed by atoms with E-state index in [1.165, 1.54) is 4.68 Å². The van der Waals surface area contributed by atoms with Gasteiger partial charge in [0.2, 0.25) is 0 Å². The van der Waals surface area contributed by atoms with Crippen LogP contribution in [0.25, 0.3) is 0 Å². The van der Waals surface area contributed by atoms with Gasteiger partial charge in [-0.1, -0.05) is 0 Å². The van der Waals surface area contributed by atoms with Crippen LogP contribution in [0.1, 0.15) is 5.56 Å². The number of nitrogens with two attached hydrogens (primary N) is 1. The normalized spacial score (nSPS) is 10.0. The molecule has 0 unspecified atom stereocenters. The zero-order valence-corrected chi connectivity index (χ0v) is 5.20. The van der Waals surface area contributed by atoms with Gasteiger partial charge in [0, 0.05) is 12.6 Å². The van der Waals surface area contributed by atoms with E-state index < -0.39 is 0 Å². The third-order valence-electron chi connectivity index (χ3n) is 1.23. The Labute approximate surface area is 52.9 Å². The molecule has 4 heteroatoms. The van der Waals surface area contributed by atoms with E-state index in [4.69, 9.17) is 10.8 Å². The lowest BCUT2D eigenvalue weighted by atomic mass is 10.3. The minimum Gasteiger partial charge on any atom is -0.391 e. The maximum absolute atomic E-state index is 8.60. The average Bonchev–Trinajstić information content (AvgIpc) is 2.15. The molecule has 50 valence electrons. The topological polar surface area (TPSA) is 64.1 Å². The van der Waals surface area contributed by atoms with E-state index in [2.05, 4.69) is 5.10 Å². The molecule has 0 atom stereocenters. The number of nitrogens with zero attached hydrogens (tertiary/aromatic N) is 2. The van der Waals surface area contributed by atoms with Crippen molar-refractivity contribution in [3.8, 4) is 0 Å². The van der Waals surface area contributed by atoms with E-state index in [-0.39, 0.29) is 6.61 Å². The summed E-state index contributed by atoms with van der Waals surface area (Å²) in [6, 6.07) is 0. The number of anilines is 1. The largest absolute Gasteiger partial charge is 0.391 e. The van der Waals surface area contributed by atoms with E-state index in [1.54, 1.807) is 13.2 Å². The molecule has 1 rings (SSSR count). The Morgan fingerprint density at radius 1 is 1.89 bits per heavy atom.